The summed E-state index contributed by atoms with van der Waals surface area (Å²) in [5, 5.41) is 0.647. The van der Waals surface area contributed by atoms with E-state index in [0.29, 0.717) is 5.02 Å². The highest BCUT2D eigenvalue weighted by Crippen LogP contribution is 2.57. The molecule has 0 aliphatic heterocycles. The highest BCUT2D eigenvalue weighted by molar-refractivity contribution is 6.36. The maximum atomic E-state index is 8.16. The van der Waals surface area contributed by atoms with Crippen molar-refractivity contribution in [3.63, 3.8) is 0 Å². The maximum Gasteiger partial charge on any atom is 0.0887 e. The van der Waals surface area contributed by atoms with Gasteiger partial charge in [0.1, 0.15) is 0 Å². The number of hydrogen-bond donors (Lipinski definition) is 0. The van der Waals surface area contributed by atoms with E-state index in [4.69, 9.17) is 11.6 Å². The van der Waals surface area contributed by atoms with E-state index in [1.54, 1.807) is 0 Å². The van der Waals surface area contributed by atoms with Crippen LogP contribution in [-0.4, -0.2) is 0 Å². The molecule has 0 saturated carbocycles. The second-order valence-corrected chi connectivity index (χ2v) is 27.0. The lowest BCUT2D eigenvalue weighted by Crippen LogP contribution is -2.19. The zero-order chi connectivity index (χ0) is 54.2. The van der Waals surface area contributed by atoms with Crippen LogP contribution in [0.3, 0.4) is 0 Å². The first kappa shape index (κ1) is 53.3. The van der Waals surface area contributed by atoms with E-state index in [0.717, 1.165) is 51.2 Å². The summed E-state index contributed by atoms with van der Waals surface area (Å²) in [6.07, 6.45) is 0. The third kappa shape index (κ3) is 10.4. The molecule has 0 spiro atoms. The van der Waals surface area contributed by atoms with Crippen molar-refractivity contribution in [2.45, 2.75) is 150 Å². The van der Waals surface area contributed by atoms with Crippen LogP contribution in [0.15, 0.2) is 176 Å². The molecule has 0 aromatic heterocycles. The van der Waals surface area contributed by atoms with E-state index >= 15 is 0 Å². The molecular formula is C71H80ClN3. The van der Waals surface area contributed by atoms with Crippen molar-refractivity contribution in [3.8, 4) is 11.1 Å². The van der Waals surface area contributed by atoms with Gasteiger partial charge in [-0.2, -0.15) is 0 Å². The van der Waals surface area contributed by atoms with Gasteiger partial charge < -0.3 is 14.7 Å². The smallest absolute Gasteiger partial charge is 0.0887 e. The number of nitrogens with zero attached hydrogens (tertiary/aromatic N) is 3. The lowest BCUT2D eigenvalue weighted by molar-refractivity contribution is 0.590. The lowest BCUT2D eigenvalue weighted by Gasteiger charge is -2.34. The molecule has 0 N–H and O–H groups in total. The van der Waals surface area contributed by atoms with Crippen molar-refractivity contribution < 1.29 is 0 Å². The fourth-order valence-corrected chi connectivity index (χ4v) is 11.1. The van der Waals surface area contributed by atoms with Crippen molar-refractivity contribution in [2.24, 2.45) is 0 Å². The molecule has 8 aromatic rings. The topological polar surface area (TPSA) is 9.72 Å². The van der Waals surface area contributed by atoms with Gasteiger partial charge in [-0.15, -0.1) is 0 Å². The molecule has 8 aromatic carbocycles. The molecule has 0 amide bonds. The molecule has 0 saturated heterocycles. The van der Waals surface area contributed by atoms with Gasteiger partial charge in [0.05, 0.1) is 22.1 Å². The van der Waals surface area contributed by atoms with Crippen molar-refractivity contribution in [2.75, 3.05) is 14.7 Å². The van der Waals surface area contributed by atoms with Gasteiger partial charge in [0.25, 0.3) is 0 Å². The van der Waals surface area contributed by atoms with Crippen LogP contribution in [0.4, 0.5) is 51.2 Å². The van der Waals surface area contributed by atoms with Crippen LogP contribution in [0.1, 0.15) is 157 Å². The first-order valence-electron chi connectivity index (χ1n) is 27.0. The summed E-state index contributed by atoms with van der Waals surface area (Å²) in [6, 6.07) is 66.0. The van der Waals surface area contributed by atoms with E-state index in [1.807, 2.05) is 0 Å². The van der Waals surface area contributed by atoms with E-state index < -0.39 is 0 Å². The zero-order valence-electron chi connectivity index (χ0n) is 48.0. The van der Waals surface area contributed by atoms with Crippen molar-refractivity contribution in [1.29, 1.82) is 0 Å². The standard InChI is InChI=1S/C71H80ClN3/c1-66(2,3)47-25-35-52(36-26-47)73(53-37-27-48(28-38-53)67(4,5)6)61-23-20-24-62(65(61)72)75(56-43-33-51(34-44-56)70(13,14)15)57-45-60-64(58-21-18-19-22-59(58)71(60,16)17)63(46-57)74(54-39-29-49(30-40-54)68(7,8)9)55-41-31-50(32-42-55)69(10,11)12/h18-46H,1-17H3. The molecule has 0 unspecified atom stereocenters. The third-order valence-electron chi connectivity index (χ3n) is 15.5. The highest BCUT2D eigenvalue weighted by Gasteiger charge is 2.40. The summed E-state index contributed by atoms with van der Waals surface area (Å²) >= 11 is 8.16. The van der Waals surface area contributed by atoms with Crippen LogP contribution >= 0.6 is 11.6 Å². The normalized spacial score (nSPS) is 13.6. The summed E-state index contributed by atoms with van der Waals surface area (Å²) in [6.45, 7) is 38.9. The predicted octanol–water partition coefficient (Wildman–Crippen LogP) is 21.5. The van der Waals surface area contributed by atoms with Gasteiger partial charge in [0.15, 0.2) is 0 Å². The van der Waals surface area contributed by atoms with E-state index in [-0.39, 0.29) is 32.5 Å². The minimum absolute atomic E-state index is 0.0000251. The summed E-state index contributed by atoms with van der Waals surface area (Å²) in [5.41, 5.74) is 20.3. The molecule has 3 nitrogen and oxygen atoms in total. The van der Waals surface area contributed by atoms with Crippen molar-refractivity contribution in [1.82, 2.24) is 0 Å². The number of rotatable bonds is 9. The molecule has 0 bridgehead atoms. The Morgan fingerprint density at radius 3 is 0.920 bits per heavy atom. The Bertz CT molecular complexity index is 3210. The average molecular weight is 1010 g/mol. The van der Waals surface area contributed by atoms with Crippen molar-refractivity contribution in [3.05, 3.63) is 220 Å². The van der Waals surface area contributed by atoms with Gasteiger partial charge >= 0.3 is 0 Å². The van der Waals surface area contributed by atoms with Gasteiger partial charge in [0, 0.05) is 45.1 Å². The number of halogens is 1. The average Bonchev–Trinajstić information content (AvgIpc) is 3.62. The molecule has 386 valence electrons. The first-order chi connectivity index (χ1) is 35.0. The Kier molecular flexibility index (Phi) is 13.7. The van der Waals surface area contributed by atoms with Crippen LogP contribution in [0.5, 0.6) is 0 Å². The molecule has 75 heavy (non-hydrogen) atoms. The molecule has 0 atom stereocenters. The molecule has 1 aliphatic carbocycles. The molecule has 4 heteroatoms. The monoisotopic (exact) mass is 1010 g/mol. The van der Waals surface area contributed by atoms with E-state index in [9.17, 15) is 0 Å². The Morgan fingerprint density at radius 1 is 0.307 bits per heavy atom. The first-order valence-corrected chi connectivity index (χ1v) is 27.4. The molecule has 1 aliphatic rings. The van der Waals surface area contributed by atoms with Crippen molar-refractivity contribution >= 4 is 62.8 Å². The molecule has 0 heterocycles. The lowest BCUT2D eigenvalue weighted by atomic mass is 9.82. The zero-order valence-corrected chi connectivity index (χ0v) is 48.7. The maximum absolute atomic E-state index is 8.16. The fourth-order valence-electron chi connectivity index (χ4n) is 10.8. The van der Waals surface area contributed by atoms with E-state index in [2.05, 4.69) is 308 Å². The Hall–Kier alpha value is -6.55. The minimum atomic E-state index is -0.322. The van der Waals surface area contributed by atoms with Crippen LogP contribution < -0.4 is 14.7 Å². The SMILES string of the molecule is CC(C)(C)c1ccc(N(c2ccc(C(C)(C)C)cc2)c2cccc(N(c3ccc(C(C)(C)C)cc3)c3cc(N(c4ccc(C(C)(C)C)cc4)c4ccc(C(C)(C)C)cc4)c4c(c3)C(C)(C)c3ccccc3-4)c2Cl)cc1. The van der Waals surface area contributed by atoms with Crippen LogP contribution in [-0.2, 0) is 32.5 Å². The predicted molar refractivity (Wildman–Crippen MR) is 327 cm³/mol. The number of hydrogen-bond acceptors (Lipinski definition) is 3. The Labute approximate surface area is 456 Å². The Morgan fingerprint density at radius 2 is 0.600 bits per heavy atom. The molecule has 0 fully saturated rings. The van der Waals surface area contributed by atoms with Gasteiger partial charge in [-0.3, -0.25) is 0 Å². The molecule has 0 radical (unpaired) electrons. The van der Waals surface area contributed by atoms with Gasteiger partial charge in [-0.1, -0.05) is 220 Å². The summed E-state index contributed by atoms with van der Waals surface area (Å²) < 4.78 is 0. The van der Waals surface area contributed by atoms with E-state index in [1.165, 1.54) is 50.1 Å². The number of fused-ring (bicyclic) bond motifs is 3. The van der Waals surface area contributed by atoms with Gasteiger partial charge in [-0.25, -0.2) is 0 Å². The fraction of sp³-hybridized carbons (Fsp3) is 0.324. The summed E-state index contributed by atoms with van der Waals surface area (Å²) in [5.74, 6) is 0. The summed E-state index contributed by atoms with van der Waals surface area (Å²) in [7, 11) is 0. The van der Waals surface area contributed by atoms with Gasteiger partial charge in [0.2, 0.25) is 0 Å². The minimum Gasteiger partial charge on any atom is -0.310 e. The number of anilines is 9. The van der Waals surface area contributed by atoms with Crippen LogP contribution in [0, 0.1) is 0 Å². The third-order valence-corrected chi connectivity index (χ3v) is 15.9. The Balaban J connectivity index is 1.34. The number of benzene rings is 8. The second-order valence-electron chi connectivity index (χ2n) is 26.7. The second kappa shape index (κ2) is 19.2. The van der Waals surface area contributed by atoms with Crippen LogP contribution in [0.2, 0.25) is 5.02 Å². The molecular weight excluding hydrogens is 930 g/mol. The van der Waals surface area contributed by atoms with Crippen LogP contribution in [0.25, 0.3) is 11.1 Å². The highest BCUT2D eigenvalue weighted by atomic mass is 35.5. The quantitative estimate of drug-likeness (QED) is 0.143. The summed E-state index contributed by atoms with van der Waals surface area (Å²) in [4.78, 5) is 7.21. The largest absolute Gasteiger partial charge is 0.310 e. The van der Waals surface area contributed by atoms with Gasteiger partial charge in [-0.05, 0) is 157 Å². The molecule has 9 rings (SSSR count).